The van der Waals surface area contributed by atoms with Crippen LogP contribution in [0.15, 0.2) is 108 Å². The average molecular weight is 570 g/mol. The van der Waals surface area contributed by atoms with Crippen molar-refractivity contribution < 1.29 is 17.6 Å². The third kappa shape index (κ3) is 5.55. The highest BCUT2D eigenvalue weighted by atomic mass is 32.2. The van der Waals surface area contributed by atoms with Crippen molar-refractivity contribution in [2.24, 2.45) is 0 Å². The maximum Gasteiger partial charge on any atom is 0.258 e. The largest absolute Gasteiger partial charge is 0.308 e. The third-order valence-corrected chi connectivity index (χ3v) is 9.91. The first-order valence-electron chi connectivity index (χ1n) is 14.0. The van der Waals surface area contributed by atoms with E-state index in [1.54, 1.807) is 27.4 Å². The molecule has 0 aromatic heterocycles. The van der Waals surface area contributed by atoms with Gasteiger partial charge in [0.05, 0.1) is 10.9 Å². The summed E-state index contributed by atoms with van der Waals surface area (Å²) in [7, 11) is -3.71. The highest BCUT2D eigenvalue weighted by Gasteiger charge is 2.33. The number of sulfonamides is 1. The Morgan fingerprint density at radius 1 is 0.732 bits per heavy atom. The molecule has 0 N–H and O–H groups in total. The Balaban J connectivity index is 1.20. The van der Waals surface area contributed by atoms with Gasteiger partial charge in [0, 0.05) is 44.0 Å². The van der Waals surface area contributed by atoms with Crippen molar-refractivity contribution in [2.45, 2.75) is 23.8 Å². The summed E-state index contributed by atoms with van der Waals surface area (Å²) in [5.74, 6) is -0.615. The van der Waals surface area contributed by atoms with Crippen molar-refractivity contribution in [3.63, 3.8) is 0 Å². The van der Waals surface area contributed by atoms with Crippen LogP contribution >= 0.6 is 0 Å². The molecular formula is C33H32FN3O3S. The second kappa shape index (κ2) is 11.6. The van der Waals surface area contributed by atoms with Gasteiger partial charge in [-0.1, -0.05) is 60.7 Å². The molecule has 0 saturated carbocycles. The minimum Gasteiger partial charge on any atom is -0.308 e. The molecule has 8 heteroatoms. The van der Waals surface area contributed by atoms with Gasteiger partial charge < -0.3 is 4.90 Å². The Hall–Kier alpha value is -3.85. The number of piperazine rings is 1. The molecule has 1 saturated heterocycles. The molecule has 2 aliphatic heterocycles. The van der Waals surface area contributed by atoms with Gasteiger partial charge >= 0.3 is 0 Å². The monoisotopic (exact) mass is 569 g/mol. The first-order valence-corrected chi connectivity index (χ1v) is 15.4. The van der Waals surface area contributed by atoms with Crippen molar-refractivity contribution in [3.05, 3.63) is 131 Å². The number of aryl methyl sites for hydroxylation is 1. The van der Waals surface area contributed by atoms with Crippen LogP contribution in [0.25, 0.3) is 0 Å². The molecule has 6 nitrogen and oxygen atoms in total. The van der Waals surface area contributed by atoms with Gasteiger partial charge in [0.2, 0.25) is 10.0 Å². The lowest BCUT2D eigenvalue weighted by atomic mass is 9.96. The van der Waals surface area contributed by atoms with Crippen LogP contribution in [0.2, 0.25) is 0 Å². The van der Waals surface area contributed by atoms with Crippen molar-refractivity contribution in [2.75, 3.05) is 37.6 Å². The summed E-state index contributed by atoms with van der Waals surface area (Å²) in [5, 5.41) is 0. The fourth-order valence-corrected chi connectivity index (χ4v) is 7.40. The zero-order valence-corrected chi connectivity index (χ0v) is 23.5. The maximum absolute atomic E-state index is 13.7. The molecule has 4 aromatic rings. The van der Waals surface area contributed by atoms with Gasteiger partial charge in [-0.15, -0.1) is 0 Å². The third-order valence-electron chi connectivity index (χ3n) is 8.01. The summed E-state index contributed by atoms with van der Waals surface area (Å²) in [4.78, 5) is 17.4. The van der Waals surface area contributed by atoms with Crippen LogP contribution in [0.1, 0.15) is 39.5 Å². The van der Waals surface area contributed by atoms with Crippen molar-refractivity contribution >= 4 is 21.6 Å². The standard InChI is InChI=1S/C33H32FN3O3S/c34-29-15-13-27(14-16-29)33(38)37-19-7-12-28-24-30(17-18-31(28)37)41(39,40)36-22-20-35(21-23-36)32(25-8-3-1-4-9-25)26-10-5-2-6-11-26/h1-6,8-11,13-18,24,32H,7,12,19-23H2. The van der Waals surface area contributed by atoms with Crippen molar-refractivity contribution in [1.29, 1.82) is 0 Å². The number of fused-ring (bicyclic) bond motifs is 1. The van der Waals surface area contributed by atoms with Gasteiger partial charge in [-0.25, -0.2) is 12.8 Å². The lowest BCUT2D eigenvalue weighted by molar-refractivity contribution is 0.0985. The minimum atomic E-state index is -3.71. The molecule has 2 heterocycles. The van der Waals surface area contributed by atoms with Crippen molar-refractivity contribution in [1.82, 2.24) is 9.21 Å². The maximum atomic E-state index is 13.7. The Morgan fingerprint density at radius 3 is 1.95 bits per heavy atom. The van der Waals surface area contributed by atoms with Crippen LogP contribution < -0.4 is 4.90 Å². The van der Waals surface area contributed by atoms with E-state index in [9.17, 15) is 17.6 Å². The van der Waals surface area contributed by atoms with Gasteiger partial charge in [-0.3, -0.25) is 9.69 Å². The summed E-state index contributed by atoms with van der Waals surface area (Å²) in [6.07, 6.45) is 1.41. The molecule has 0 bridgehead atoms. The van der Waals surface area contributed by atoms with Crippen LogP contribution in [0.4, 0.5) is 10.1 Å². The number of anilines is 1. The van der Waals surface area contributed by atoms with E-state index in [0.29, 0.717) is 50.4 Å². The normalized spacial score (nSPS) is 16.5. The number of amides is 1. The zero-order chi connectivity index (χ0) is 28.4. The molecule has 210 valence electrons. The van der Waals surface area contributed by atoms with E-state index in [1.807, 2.05) is 36.4 Å². The number of carbonyl (C=O) groups excluding carboxylic acids is 1. The first-order chi connectivity index (χ1) is 19.9. The summed E-state index contributed by atoms with van der Waals surface area (Å²) < 4.78 is 42.4. The topological polar surface area (TPSA) is 60.9 Å². The predicted molar refractivity (Wildman–Crippen MR) is 158 cm³/mol. The molecule has 0 radical (unpaired) electrons. The Bertz CT molecular complexity index is 1580. The highest BCUT2D eigenvalue weighted by molar-refractivity contribution is 7.89. The number of hydrogen-bond donors (Lipinski definition) is 0. The average Bonchev–Trinajstić information content (AvgIpc) is 3.02. The minimum absolute atomic E-state index is 0.0515. The number of nitrogens with zero attached hydrogens (tertiary/aromatic N) is 3. The molecule has 4 aromatic carbocycles. The van der Waals surface area contributed by atoms with E-state index in [1.165, 1.54) is 35.4 Å². The van der Waals surface area contributed by atoms with E-state index >= 15 is 0 Å². The summed E-state index contributed by atoms with van der Waals surface area (Å²) in [6, 6.07) is 31.3. The Morgan fingerprint density at radius 2 is 1.34 bits per heavy atom. The van der Waals surface area contributed by atoms with Crippen LogP contribution in [-0.4, -0.2) is 56.3 Å². The molecule has 6 rings (SSSR count). The highest BCUT2D eigenvalue weighted by Crippen LogP contribution is 2.33. The zero-order valence-electron chi connectivity index (χ0n) is 22.7. The lowest BCUT2D eigenvalue weighted by Gasteiger charge is -2.39. The van der Waals surface area contributed by atoms with Crippen LogP contribution in [0.3, 0.4) is 0 Å². The smallest absolute Gasteiger partial charge is 0.258 e. The van der Waals surface area contributed by atoms with Gasteiger partial charge in [0.1, 0.15) is 5.82 Å². The molecule has 1 fully saturated rings. The number of hydrogen-bond acceptors (Lipinski definition) is 4. The molecule has 0 spiro atoms. The predicted octanol–water partition coefficient (Wildman–Crippen LogP) is 5.51. The molecule has 0 aliphatic carbocycles. The van der Waals surface area contributed by atoms with E-state index in [4.69, 9.17) is 0 Å². The second-order valence-electron chi connectivity index (χ2n) is 10.5. The van der Waals surface area contributed by atoms with Gasteiger partial charge in [0.15, 0.2) is 0 Å². The molecule has 0 atom stereocenters. The molecular weight excluding hydrogens is 537 g/mol. The second-order valence-corrected chi connectivity index (χ2v) is 12.5. The summed E-state index contributed by atoms with van der Waals surface area (Å²) >= 11 is 0. The fourth-order valence-electron chi connectivity index (χ4n) is 5.93. The number of rotatable bonds is 6. The van der Waals surface area contributed by atoms with Crippen LogP contribution in [0.5, 0.6) is 0 Å². The van der Waals surface area contributed by atoms with Gasteiger partial charge in [-0.2, -0.15) is 4.31 Å². The van der Waals surface area contributed by atoms with Crippen LogP contribution in [-0.2, 0) is 16.4 Å². The lowest BCUT2D eigenvalue weighted by Crippen LogP contribution is -2.49. The van der Waals surface area contributed by atoms with E-state index in [0.717, 1.165) is 12.0 Å². The number of halogens is 1. The fraction of sp³-hybridized carbons (Fsp3) is 0.242. The summed E-state index contributed by atoms with van der Waals surface area (Å²) in [5.41, 5.74) is 4.31. The van der Waals surface area contributed by atoms with Gasteiger partial charge in [0.25, 0.3) is 5.91 Å². The Kier molecular flexibility index (Phi) is 7.71. The Labute approximate surface area is 240 Å². The quantitative estimate of drug-likeness (QED) is 0.307. The van der Waals surface area contributed by atoms with E-state index in [2.05, 4.69) is 29.2 Å². The van der Waals surface area contributed by atoms with Crippen LogP contribution in [0, 0.1) is 5.82 Å². The molecule has 0 unspecified atom stereocenters. The first kappa shape index (κ1) is 27.3. The summed E-state index contributed by atoms with van der Waals surface area (Å²) in [6.45, 7) is 2.54. The van der Waals surface area contributed by atoms with E-state index < -0.39 is 15.8 Å². The molecule has 1 amide bonds. The number of carbonyl (C=O) groups is 1. The van der Waals surface area contributed by atoms with E-state index in [-0.39, 0.29) is 16.8 Å². The number of benzene rings is 4. The SMILES string of the molecule is O=C(c1ccc(F)cc1)N1CCCc2cc(S(=O)(=O)N3CCN(C(c4ccccc4)c4ccccc4)CC3)ccc21. The molecule has 2 aliphatic rings. The molecule has 41 heavy (non-hydrogen) atoms. The van der Waals surface area contributed by atoms with Crippen molar-refractivity contribution in [3.8, 4) is 0 Å². The van der Waals surface area contributed by atoms with Gasteiger partial charge in [-0.05, 0) is 72.0 Å².